The van der Waals surface area contributed by atoms with Gasteiger partial charge in [0.25, 0.3) is 0 Å². The summed E-state index contributed by atoms with van der Waals surface area (Å²) >= 11 is 0. The Balaban J connectivity index is 2.40. The zero-order valence-electron chi connectivity index (χ0n) is 10.4. The van der Waals surface area contributed by atoms with E-state index in [4.69, 9.17) is 0 Å². The highest BCUT2D eigenvalue weighted by Gasteiger charge is 2.19. The Morgan fingerprint density at radius 2 is 1.65 bits per heavy atom. The van der Waals surface area contributed by atoms with E-state index in [9.17, 15) is 14.4 Å². The summed E-state index contributed by atoms with van der Waals surface area (Å²) in [7, 11) is 0. The first kappa shape index (κ1) is 13.6. The van der Waals surface area contributed by atoms with Gasteiger partial charge in [0.05, 0.1) is 0 Å². The summed E-state index contributed by atoms with van der Waals surface area (Å²) < 4.78 is 0. The lowest BCUT2D eigenvalue weighted by atomic mass is 10.3. The second-order valence-electron chi connectivity index (χ2n) is 4.07. The molecule has 1 aliphatic rings. The van der Waals surface area contributed by atoms with E-state index >= 15 is 0 Å². The minimum absolute atomic E-state index is 0.000926. The van der Waals surface area contributed by atoms with E-state index in [0.29, 0.717) is 13.1 Å². The molecular formula is C11H19N3O3. The summed E-state index contributed by atoms with van der Waals surface area (Å²) in [6.45, 7) is 5.82. The Labute approximate surface area is 101 Å². The van der Waals surface area contributed by atoms with E-state index in [1.165, 1.54) is 13.8 Å². The molecular weight excluding hydrogens is 222 g/mol. The summed E-state index contributed by atoms with van der Waals surface area (Å²) in [6.07, 6.45) is 0.208. The number of nitrogens with zero attached hydrogens (tertiary/aromatic N) is 2. The number of carbonyl (C=O) groups excluding carboxylic acids is 3. The van der Waals surface area contributed by atoms with Crippen molar-refractivity contribution in [3.05, 3.63) is 0 Å². The first-order valence-corrected chi connectivity index (χ1v) is 5.79. The summed E-state index contributed by atoms with van der Waals surface area (Å²) in [5.41, 5.74) is 0. The highest BCUT2D eigenvalue weighted by Crippen LogP contribution is 2.00. The molecule has 6 nitrogen and oxygen atoms in total. The van der Waals surface area contributed by atoms with Gasteiger partial charge < -0.3 is 10.2 Å². The van der Waals surface area contributed by atoms with Crippen LogP contribution in [0, 0.1) is 0 Å². The van der Waals surface area contributed by atoms with Crippen molar-refractivity contribution in [3.8, 4) is 0 Å². The molecule has 17 heavy (non-hydrogen) atoms. The van der Waals surface area contributed by atoms with E-state index in [2.05, 4.69) is 5.32 Å². The topological polar surface area (TPSA) is 69.7 Å². The lowest BCUT2D eigenvalue weighted by Crippen LogP contribution is -2.47. The number of carbonyl (C=O) groups is 3. The second kappa shape index (κ2) is 6.34. The van der Waals surface area contributed by atoms with Crippen molar-refractivity contribution in [3.63, 3.8) is 0 Å². The largest absolute Gasteiger partial charge is 0.340 e. The van der Waals surface area contributed by atoms with Gasteiger partial charge in [0.15, 0.2) is 0 Å². The van der Waals surface area contributed by atoms with Crippen LogP contribution in [0.5, 0.6) is 0 Å². The molecule has 0 radical (unpaired) electrons. The van der Waals surface area contributed by atoms with Crippen LogP contribution >= 0.6 is 0 Å². The van der Waals surface area contributed by atoms with Crippen LogP contribution in [-0.2, 0) is 14.4 Å². The fourth-order valence-corrected chi connectivity index (χ4v) is 1.82. The molecule has 1 rings (SSSR count). The maximum absolute atomic E-state index is 11.8. The fourth-order valence-electron chi connectivity index (χ4n) is 1.82. The van der Waals surface area contributed by atoms with Crippen LogP contribution in [0.3, 0.4) is 0 Å². The quantitative estimate of drug-likeness (QED) is 0.702. The number of hydrogen-bond donors (Lipinski definition) is 1. The predicted molar refractivity (Wildman–Crippen MR) is 62.1 cm³/mol. The lowest BCUT2D eigenvalue weighted by molar-refractivity contribution is -0.142. The van der Waals surface area contributed by atoms with Gasteiger partial charge in [0.2, 0.25) is 17.7 Å². The van der Waals surface area contributed by atoms with Crippen molar-refractivity contribution in [1.82, 2.24) is 15.1 Å². The molecule has 1 heterocycles. The standard InChI is InChI=1S/C11H19N3O3/c1-9(15)14(10(2)16)6-3-11(17)13-7-4-12-5-8-13/h12H,3-8H2,1-2H3. The highest BCUT2D eigenvalue weighted by molar-refractivity contribution is 5.93. The van der Waals surface area contributed by atoms with Gasteiger partial charge in [0, 0.05) is 53.0 Å². The van der Waals surface area contributed by atoms with Crippen LogP contribution in [0.1, 0.15) is 20.3 Å². The minimum atomic E-state index is -0.314. The van der Waals surface area contributed by atoms with Crippen molar-refractivity contribution >= 4 is 17.7 Å². The molecule has 0 saturated carbocycles. The molecule has 0 bridgehead atoms. The summed E-state index contributed by atoms with van der Waals surface area (Å²) in [4.78, 5) is 36.9. The molecule has 6 heteroatoms. The van der Waals surface area contributed by atoms with Crippen molar-refractivity contribution < 1.29 is 14.4 Å². The highest BCUT2D eigenvalue weighted by atomic mass is 16.2. The van der Waals surface area contributed by atoms with Gasteiger partial charge in [0.1, 0.15) is 0 Å². The van der Waals surface area contributed by atoms with Gasteiger partial charge in [-0.15, -0.1) is 0 Å². The second-order valence-corrected chi connectivity index (χ2v) is 4.07. The molecule has 1 fully saturated rings. The molecule has 0 aliphatic carbocycles. The fraction of sp³-hybridized carbons (Fsp3) is 0.727. The number of nitrogens with one attached hydrogen (secondary N) is 1. The molecule has 0 aromatic heterocycles. The maximum Gasteiger partial charge on any atom is 0.226 e. The third kappa shape index (κ3) is 4.14. The Morgan fingerprint density at radius 3 is 2.12 bits per heavy atom. The molecule has 0 unspecified atom stereocenters. The van der Waals surface area contributed by atoms with Crippen molar-refractivity contribution in [1.29, 1.82) is 0 Å². The van der Waals surface area contributed by atoms with Crippen LogP contribution in [0.25, 0.3) is 0 Å². The number of hydrogen-bond acceptors (Lipinski definition) is 4. The Bertz CT molecular complexity index is 297. The molecule has 1 aliphatic heterocycles. The summed E-state index contributed by atoms with van der Waals surface area (Å²) in [5, 5.41) is 3.16. The molecule has 1 saturated heterocycles. The first-order chi connectivity index (χ1) is 8.02. The molecule has 0 aromatic carbocycles. The Kier molecular flexibility index (Phi) is 5.09. The monoisotopic (exact) mass is 241 g/mol. The van der Waals surface area contributed by atoms with Gasteiger partial charge in [-0.05, 0) is 0 Å². The minimum Gasteiger partial charge on any atom is -0.340 e. The van der Waals surface area contributed by atoms with Crippen LogP contribution in [0.2, 0.25) is 0 Å². The van der Waals surface area contributed by atoms with E-state index < -0.39 is 0 Å². The van der Waals surface area contributed by atoms with Crippen LogP contribution in [0.4, 0.5) is 0 Å². The van der Waals surface area contributed by atoms with Crippen molar-refractivity contribution in [2.75, 3.05) is 32.7 Å². The smallest absolute Gasteiger partial charge is 0.226 e. The molecule has 1 N–H and O–H groups in total. The van der Waals surface area contributed by atoms with Gasteiger partial charge in [-0.3, -0.25) is 19.3 Å². The van der Waals surface area contributed by atoms with E-state index in [1.54, 1.807) is 4.90 Å². The van der Waals surface area contributed by atoms with Crippen LogP contribution < -0.4 is 5.32 Å². The number of piperazine rings is 1. The zero-order valence-corrected chi connectivity index (χ0v) is 10.4. The summed E-state index contributed by atoms with van der Waals surface area (Å²) in [6, 6.07) is 0. The normalized spacial score (nSPS) is 15.5. The van der Waals surface area contributed by atoms with Gasteiger partial charge in [-0.1, -0.05) is 0 Å². The van der Waals surface area contributed by atoms with Gasteiger partial charge in [-0.25, -0.2) is 0 Å². The third-order valence-electron chi connectivity index (χ3n) is 2.78. The Hall–Kier alpha value is -1.43. The van der Waals surface area contributed by atoms with Gasteiger partial charge in [-0.2, -0.15) is 0 Å². The Morgan fingerprint density at radius 1 is 1.12 bits per heavy atom. The number of amides is 3. The first-order valence-electron chi connectivity index (χ1n) is 5.79. The van der Waals surface area contributed by atoms with Gasteiger partial charge >= 0.3 is 0 Å². The van der Waals surface area contributed by atoms with Crippen molar-refractivity contribution in [2.24, 2.45) is 0 Å². The van der Waals surface area contributed by atoms with E-state index in [0.717, 1.165) is 18.0 Å². The summed E-state index contributed by atoms with van der Waals surface area (Å²) in [5.74, 6) is -0.629. The molecule has 96 valence electrons. The maximum atomic E-state index is 11.8. The average Bonchev–Trinajstić information content (AvgIpc) is 2.29. The third-order valence-corrected chi connectivity index (χ3v) is 2.78. The van der Waals surface area contributed by atoms with Crippen molar-refractivity contribution in [2.45, 2.75) is 20.3 Å². The molecule has 0 aromatic rings. The molecule has 0 atom stereocenters. The number of rotatable bonds is 3. The number of imide groups is 1. The zero-order chi connectivity index (χ0) is 12.8. The molecule has 0 spiro atoms. The van der Waals surface area contributed by atoms with E-state index in [1.807, 2.05) is 0 Å². The molecule has 3 amide bonds. The van der Waals surface area contributed by atoms with Crippen LogP contribution in [-0.4, -0.2) is 60.2 Å². The predicted octanol–water partition coefficient (Wildman–Crippen LogP) is -0.797. The lowest BCUT2D eigenvalue weighted by Gasteiger charge is -2.28. The average molecular weight is 241 g/mol. The van der Waals surface area contributed by atoms with Crippen LogP contribution in [0.15, 0.2) is 0 Å². The van der Waals surface area contributed by atoms with E-state index in [-0.39, 0.29) is 30.7 Å². The SMILES string of the molecule is CC(=O)N(CCC(=O)N1CCNCC1)C(C)=O.